The van der Waals surface area contributed by atoms with Crippen LogP contribution in [0.2, 0.25) is 0 Å². The van der Waals surface area contributed by atoms with Crippen LogP contribution in [0.1, 0.15) is 27.7 Å². The van der Waals surface area contributed by atoms with Gasteiger partial charge in [0.15, 0.2) is 0 Å². The number of hydrogen-bond donors (Lipinski definition) is 2. The van der Waals surface area contributed by atoms with Gasteiger partial charge in [-0.25, -0.2) is 0 Å². The number of nitrogens with zero attached hydrogens (tertiary/aromatic N) is 1. The third kappa shape index (κ3) is 2.87. The molecule has 0 spiro atoms. The normalized spacial score (nSPS) is 33.0. The molecule has 2 fully saturated rings. The Bertz CT molecular complexity index is 281. The summed E-state index contributed by atoms with van der Waals surface area (Å²) in [6.45, 7) is 13.1. The number of fused-ring (bicyclic) bond motifs is 1. The number of likely N-dealkylation sites (tertiary alicyclic amines) is 1. The second-order valence-corrected chi connectivity index (χ2v) is 6.62. The molecule has 2 heterocycles. The SMILES string of the molecule is CC(C)OCC(O)CN1CC2CNCC2C1(C)C. The van der Waals surface area contributed by atoms with E-state index in [-0.39, 0.29) is 17.7 Å². The molecule has 2 rings (SSSR count). The van der Waals surface area contributed by atoms with Gasteiger partial charge in [-0.1, -0.05) is 0 Å². The zero-order valence-corrected chi connectivity index (χ0v) is 12.1. The van der Waals surface area contributed by atoms with Crippen LogP contribution < -0.4 is 5.32 Å². The van der Waals surface area contributed by atoms with Crippen LogP contribution in [0.15, 0.2) is 0 Å². The van der Waals surface area contributed by atoms with E-state index in [1.54, 1.807) is 0 Å². The van der Waals surface area contributed by atoms with E-state index in [1.165, 1.54) is 0 Å². The van der Waals surface area contributed by atoms with Gasteiger partial charge in [0.1, 0.15) is 0 Å². The van der Waals surface area contributed by atoms with Gasteiger partial charge in [-0.05, 0) is 46.1 Å². The molecule has 4 heteroatoms. The summed E-state index contributed by atoms with van der Waals surface area (Å²) in [7, 11) is 0. The fourth-order valence-electron chi connectivity index (χ4n) is 3.42. The number of β-amino-alcohol motifs (C(OH)–C–C–N with tert-alkyl or cyclic N) is 1. The maximum absolute atomic E-state index is 10.1. The largest absolute Gasteiger partial charge is 0.389 e. The van der Waals surface area contributed by atoms with Crippen LogP contribution >= 0.6 is 0 Å². The zero-order valence-electron chi connectivity index (χ0n) is 12.1. The Labute approximate surface area is 111 Å². The first-order valence-electron chi connectivity index (χ1n) is 7.16. The van der Waals surface area contributed by atoms with Crippen molar-refractivity contribution in [1.29, 1.82) is 0 Å². The average Bonchev–Trinajstić information content (AvgIpc) is 2.81. The number of hydrogen-bond acceptors (Lipinski definition) is 4. The Morgan fingerprint density at radius 2 is 2.11 bits per heavy atom. The van der Waals surface area contributed by atoms with Gasteiger partial charge >= 0.3 is 0 Å². The number of aliphatic hydroxyl groups excluding tert-OH is 1. The van der Waals surface area contributed by atoms with Gasteiger partial charge in [-0.2, -0.15) is 0 Å². The smallest absolute Gasteiger partial charge is 0.0900 e. The van der Waals surface area contributed by atoms with Gasteiger partial charge in [0.25, 0.3) is 0 Å². The minimum atomic E-state index is -0.376. The molecule has 18 heavy (non-hydrogen) atoms. The molecular formula is C14H28N2O2. The predicted octanol–water partition coefficient (Wildman–Crippen LogP) is 0.702. The summed E-state index contributed by atoms with van der Waals surface area (Å²) in [5.41, 5.74) is 0.187. The monoisotopic (exact) mass is 256 g/mol. The lowest BCUT2D eigenvalue weighted by molar-refractivity contribution is -0.0192. The second-order valence-electron chi connectivity index (χ2n) is 6.62. The molecule has 0 aromatic carbocycles. The lowest BCUT2D eigenvalue weighted by atomic mass is 9.85. The number of aliphatic hydroxyl groups is 1. The summed E-state index contributed by atoms with van der Waals surface area (Å²) < 4.78 is 5.49. The van der Waals surface area contributed by atoms with Crippen molar-refractivity contribution in [2.45, 2.75) is 45.4 Å². The van der Waals surface area contributed by atoms with E-state index < -0.39 is 0 Å². The lowest BCUT2D eigenvalue weighted by Crippen LogP contribution is -2.48. The Balaban J connectivity index is 1.86. The van der Waals surface area contributed by atoms with Crippen molar-refractivity contribution in [2.75, 3.05) is 32.8 Å². The predicted molar refractivity (Wildman–Crippen MR) is 72.6 cm³/mol. The van der Waals surface area contributed by atoms with Crippen molar-refractivity contribution >= 4 is 0 Å². The molecule has 0 aliphatic carbocycles. The molecule has 3 unspecified atom stereocenters. The quantitative estimate of drug-likeness (QED) is 0.760. The second kappa shape index (κ2) is 5.45. The van der Waals surface area contributed by atoms with Crippen LogP contribution in [0.5, 0.6) is 0 Å². The van der Waals surface area contributed by atoms with Crippen molar-refractivity contribution in [1.82, 2.24) is 10.2 Å². The maximum atomic E-state index is 10.1. The zero-order chi connectivity index (χ0) is 13.3. The van der Waals surface area contributed by atoms with Crippen molar-refractivity contribution in [3.63, 3.8) is 0 Å². The van der Waals surface area contributed by atoms with Crippen molar-refractivity contribution in [2.24, 2.45) is 11.8 Å². The van der Waals surface area contributed by atoms with E-state index in [0.717, 1.165) is 38.0 Å². The minimum Gasteiger partial charge on any atom is -0.389 e. The molecule has 0 amide bonds. The minimum absolute atomic E-state index is 0.187. The molecule has 2 aliphatic rings. The first-order chi connectivity index (χ1) is 8.41. The Kier molecular flexibility index (Phi) is 4.32. The molecule has 106 valence electrons. The molecule has 2 aliphatic heterocycles. The van der Waals surface area contributed by atoms with Crippen LogP contribution in [0, 0.1) is 11.8 Å². The molecule has 3 atom stereocenters. The third-order valence-corrected chi connectivity index (χ3v) is 4.57. The summed E-state index contributed by atoms with van der Waals surface area (Å²) in [5.74, 6) is 1.47. The van der Waals surface area contributed by atoms with E-state index in [0.29, 0.717) is 6.61 Å². The molecule has 4 nitrogen and oxygen atoms in total. The first kappa shape index (κ1) is 14.3. The van der Waals surface area contributed by atoms with E-state index in [2.05, 4.69) is 24.1 Å². The fourth-order valence-corrected chi connectivity index (χ4v) is 3.42. The van der Waals surface area contributed by atoms with Crippen LogP contribution in [-0.2, 0) is 4.74 Å². The molecule has 0 aromatic rings. The highest BCUT2D eigenvalue weighted by Crippen LogP contribution is 2.40. The fraction of sp³-hybridized carbons (Fsp3) is 1.00. The Morgan fingerprint density at radius 1 is 1.39 bits per heavy atom. The number of rotatable bonds is 5. The van der Waals surface area contributed by atoms with Gasteiger partial charge in [-0.3, -0.25) is 4.90 Å². The molecule has 0 bridgehead atoms. The van der Waals surface area contributed by atoms with Crippen LogP contribution in [-0.4, -0.2) is 60.5 Å². The molecule has 0 radical (unpaired) electrons. The first-order valence-corrected chi connectivity index (χ1v) is 7.16. The maximum Gasteiger partial charge on any atom is 0.0900 e. The van der Waals surface area contributed by atoms with Crippen molar-refractivity contribution < 1.29 is 9.84 Å². The highest BCUT2D eigenvalue weighted by Gasteiger charge is 2.49. The highest BCUT2D eigenvalue weighted by molar-refractivity contribution is 5.04. The number of ether oxygens (including phenoxy) is 1. The molecule has 0 aromatic heterocycles. The lowest BCUT2D eigenvalue weighted by Gasteiger charge is -2.36. The Morgan fingerprint density at radius 3 is 2.72 bits per heavy atom. The van der Waals surface area contributed by atoms with E-state index in [9.17, 15) is 5.11 Å². The van der Waals surface area contributed by atoms with Gasteiger partial charge in [0, 0.05) is 25.2 Å². The highest BCUT2D eigenvalue weighted by atomic mass is 16.5. The topological polar surface area (TPSA) is 44.7 Å². The summed E-state index contributed by atoms with van der Waals surface area (Å²) in [6, 6.07) is 0. The molecule has 2 N–H and O–H groups in total. The van der Waals surface area contributed by atoms with Crippen molar-refractivity contribution in [3.8, 4) is 0 Å². The van der Waals surface area contributed by atoms with Gasteiger partial charge in [0.05, 0.1) is 18.8 Å². The van der Waals surface area contributed by atoms with E-state index in [4.69, 9.17) is 4.74 Å². The van der Waals surface area contributed by atoms with Gasteiger partial charge in [-0.15, -0.1) is 0 Å². The molecular weight excluding hydrogens is 228 g/mol. The third-order valence-electron chi connectivity index (χ3n) is 4.57. The average molecular weight is 256 g/mol. The van der Waals surface area contributed by atoms with Crippen LogP contribution in [0.4, 0.5) is 0 Å². The van der Waals surface area contributed by atoms with Crippen molar-refractivity contribution in [3.05, 3.63) is 0 Å². The van der Waals surface area contributed by atoms with Crippen LogP contribution in [0.25, 0.3) is 0 Å². The molecule has 0 saturated carbocycles. The summed E-state index contributed by atoms with van der Waals surface area (Å²) in [4.78, 5) is 2.44. The summed E-state index contributed by atoms with van der Waals surface area (Å²) in [6.07, 6.45) is -0.187. The summed E-state index contributed by atoms with van der Waals surface area (Å²) >= 11 is 0. The van der Waals surface area contributed by atoms with Gasteiger partial charge < -0.3 is 15.2 Å². The van der Waals surface area contributed by atoms with Gasteiger partial charge in [0.2, 0.25) is 0 Å². The Hall–Kier alpha value is -0.160. The van der Waals surface area contributed by atoms with E-state index >= 15 is 0 Å². The van der Waals surface area contributed by atoms with E-state index in [1.807, 2.05) is 13.8 Å². The molecule has 2 saturated heterocycles. The van der Waals surface area contributed by atoms with Crippen LogP contribution in [0.3, 0.4) is 0 Å². The standard InChI is InChI=1S/C14H28N2O2/c1-10(2)18-9-12(17)8-16-7-11-5-15-6-13(11)14(16,3)4/h10-13,15,17H,5-9H2,1-4H3. The summed E-state index contributed by atoms with van der Waals surface area (Å²) in [5, 5.41) is 13.6. The number of nitrogens with one attached hydrogen (secondary N) is 1.